The monoisotopic (exact) mass is 1070 g/mol. The fraction of sp³-hybridized carbons (Fsp3) is 0.130. The number of hydrogen-bond donors (Lipinski definition) is 0. The van der Waals surface area contributed by atoms with Gasteiger partial charge in [0.15, 0.2) is 0 Å². The van der Waals surface area contributed by atoms with Crippen LogP contribution in [0.3, 0.4) is 0 Å². The fourth-order valence-electron chi connectivity index (χ4n) is 12.9. The van der Waals surface area contributed by atoms with Crippen molar-refractivity contribution in [3.63, 3.8) is 0 Å². The first-order chi connectivity index (χ1) is 40.3. The third-order valence-corrected chi connectivity index (χ3v) is 17.2. The summed E-state index contributed by atoms with van der Waals surface area (Å²) in [4.78, 5) is 0. The lowest BCUT2D eigenvalue weighted by molar-refractivity contribution is 0.591. The Morgan fingerprint density at radius 3 is 0.940 bits per heavy atom. The molecule has 0 fully saturated rings. The summed E-state index contributed by atoms with van der Waals surface area (Å²) in [7, 11) is 0. The van der Waals surface area contributed by atoms with E-state index in [4.69, 9.17) is 0 Å². The third kappa shape index (κ3) is 8.19. The number of hydrogen-bond acceptors (Lipinski definition) is 3. The highest BCUT2D eigenvalue weighted by Gasteiger charge is 2.34. The van der Waals surface area contributed by atoms with Crippen molar-refractivity contribution in [1.82, 2.24) is 13.7 Å². The van der Waals surface area contributed by atoms with Crippen molar-refractivity contribution < 1.29 is 0 Å². The zero-order valence-electron chi connectivity index (χ0n) is 47.4. The first-order valence-corrected chi connectivity index (χ1v) is 28.6. The first-order valence-electron chi connectivity index (χ1n) is 28.6. The van der Waals surface area contributed by atoms with Crippen LogP contribution in [0.4, 0.5) is 0 Å². The zero-order valence-corrected chi connectivity index (χ0v) is 47.4. The summed E-state index contributed by atoms with van der Waals surface area (Å²) in [6.07, 6.45) is 8.33. The van der Waals surface area contributed by atoms with E-state index in [0.29, 0.717) is 17.1 Å². The average Bonchev–Trinajstić information content (AvgIpc) is 2.17. The SMILES string of the molecule is CC(C)(C)c1ccc2c3ccc(C(C)(C)C)cc3n(-c3c(C#N)c(-n4c5cc(C6=CC=CCC6)ccc5c5ccc(-c6ccccc6)cc54)c(C#N)c(-n4c5cc(-c6ccccc6)ccc5c5ccc(-c6ccccc6)cc54)c3C#N)c2c1. The summed E-state index contributed by atoms with van der Waals surface area (Å²) in [5, 5.41) is 43.6. The van der Waals surface area contributed by atoms with Gasteiger partial charge in [-0.1, -0.05) is 224 Å². The third-order valence-electron chi connectivity index (χ3n) is 17.2. The number of nitriles is 3. The van der Waals surface area contributed by atoms with E-state index in [2.05, 4.69) is 249 Å². The van der Waals surface area contributed by atoms with Crippen molar-refractivity contribution in [2.24, 2.45) is 0 Å². The lowest BCUT2D eigenvalue weighted by Crippen LogP contribution is -2.15. The Balaban J connectivity index is 1.25. The summed E-state index contributed by atoms with van der Waals surface area (Å²) in [6, 6.07) is 79.0. The highest BCUT2D eigenvalue weighted by Crippen LogP contribution is 2.48. The maximum absolute atomic E-state index is 12.6. The smallest absolute Gasteiger partial charge is 0.104 e. The molecule has 6 nitrogen and oxygen atoms in total. The minimum absolute atomic E-state index is 0.205. The second-order valence-electron chi connectivity index (χ2n) is 24.2. The summed E-state index contributed by atoms with van der Waals surface area (Å²) in [5.74, 6) is 0. The molecule has 1 aliphatic carbocycles. The molecule has 14 rings (SSSR count). The molecule has 10 aromatic carbocycles. The average molecular weight is 1070 g/mol. The molecule has 83 heavy (non-hydrogen) atoms. The maximum Gasteiger partial charge on any atom is 0.104 e. The molecule has 3 heterocycles. The Morgan fingerprint density at radius 2 is 0.639 bits per heavy atom. The highest BCUT2D eigenvalue weighted by molar-refractivity contribution is 6.15. The molecule has 0 aliphatic heterocycles. The molecular formula is C77H58N6. The molecule has 0 bridgehead atoms. The molecule has 396 valence electrons. The van der Waals surface area contributed by atoms with E-state index in [1.54, 1.807) is 0 Å². The van der Waals surface area contributed by atoms with Gasteiger partial charge in [-0.25, -0.2) is 0 Å². The van der Waals surface area contributed by atoms with Gasteiger partial charge < -0.3 is 13.7 Å². The normalized spacial score (nSPS) is 12.8. The van der Waals surface area contributed by atoms with Gasteiger partial charge in [-0.3, -0.25) is 0 Å². The topological polar surface area (TPSA) is 86.2 Å². The van der Waals surface area contributed by atoms with Crippen molar-refractivity contribution in [2.45, 2.75) is 65.2 Å². The quantitative estimate of drug-likeness (QED) is 0.159. The summed E-state index contributed by atoms with van der Waals surface area (Å²) in [5.41, 5.74) is 16.9. The molecule has 0 saturated carbocycles. The summed E-state index contributed by atoms with van der Waals surface area (Å²) >= 11 is 0. The van der Waals surface area contributed by atoms with E-state index in [-0.39, 0.29) is 27.5 Å². The molecule has 1 aliphatic rings. The second-order valence-corrected chi connectivity index (χ2v) is 24.2. The van der Waals surface area contributed by atoms with Crippen molar-refractivity contribution >= 4 is 71.0 Å². The van der Waals surface area contributed by atoms with Crippen molar-refractivity contribution in [3.05, 3.63) is 252 Å². The van der Waals surface area contributed by atoms with Gasteiger partial charge in [0.2, 0.25) is 0 Å². The number of benzene rings is 10. The number of nitrogens with zero attached hydrogens (tertiary/aromatic N) is 6. The number of rotatable bonds is 7. The molecule has 6 heteroatoms. The van der Waals surface area contributed by atoms with Crippen LogP contribution >= 0.6 is 0 Å². The van der Waals surface area contributed by atoms with Gasteiger partial charge in [0.25, 0.3) is 0 Å². The van der Waals surface area contributed by atoms with Crippen LogP contribution in [0.1, 0.15) is 87.8 Å². The first kappa shape index (κ1) is 50.7. The number of fused-ring (bicyclic) bond motifs is 9. The molecule has 0 saturated heterocycles. The molecule has 0 radical (unpaired) electrons. The molecule has 13 aromatic rings. The van der Waals surface area contributed by atoms with E-state index >= 15 is 0 Å². The van der Waals surface area contributed by atoms with Gasteiger partial charge in [0.05, 0.1) is 50.2 Å². The Labute approximate surface area is 483 Å². The summed E-state index contributed by atoms with van der Waals surface area (Å²) < 4.78 is 6.53. The van der Waals surface area contributed by atoms with E-state index < -0.39 is 0 Å². The Bertz CT molecular complexity index is 4880. The van der Waals surface area contributed by atoms with Crippen LogP contribution in [-0.4, -0.2) is 13.7 Å². The number of allylic oxidation sites excluding steroid dienone is 4. The van der Waals surface area contributed by atoms with Crippen LogP contribution in [0.15, 0.2) is 218 Å². The van der Waals surface area contributed by atoms with Gasteiger partial charge in [0, 0.05) is 32.3 Å². The van der Waals surface area contributed by atoms with Gasteiger partial charge in [-0.05, 0) is 116 Å². The molecular weight excluding hydrogens is 1010 g/mol. The van der Waals surface area contributed by atoms with Crippen LogP contribution < -0.4 is 0 Å². The van der Waals surface area contributed by atoms with E-state index in [1.807, 2.05) is 42.5 Å². The lowest BCUT2D eigenvalue weighted by Gasteiger charge is -2.25. The van der Waals surface area contributed by atoms with Crippen molar-refractivity contribution in [2.75, 3.05) is 0 Å². The molecule has 0 unspecified atom stereocenters. The maximum atomic E-state index is 12.6. The summed E-state index contributed by atoms with van der Waals surface area (Å²) in [6.45, 7) is 13.3. The van der Waals surface area contributed by atoms with Crippen molar-refractivity contribution in [1.29, 1.82) is 15.8 Å². The minimum Gasteiger partial charge on any atom is -0.306 e. The second kappa shape index (κ2) is 19.4. The predicted octanol–water partition coefficient (Wildman–Crippen LogP) is 19.9. The molecule has 0 spiro atoms. The van der Waals surface area contributed by atoms with Crippen LogP contribution in [0.5, 0.6) is 0 Å². The lowest BCUT2D eigenvalue weighted by atomic mass is 9.86. The van der Waals surface area contributed by atoms with Gasteiger partial charge in [-0.2, -0.15) is 15.8 Å². The molecule has 3 aromatic heterocycles. The van der Waals surface area contributed by atoms with Crippen LogP contribution in [-0.2, 0) is 10.8 Å². The fourth-order valence-corrected chi connectivity index (χ4v) is 12.9. The van der Waals surface area contributed by atoms with Gasteiger partial charge in [0.1, 0.15) is 34.9 Å². The molecule has 0 N–H and O–H groups in total. The minimum atomic E-state index is -0.250. The molecule has 0 atom stereocenters. The highest BCUT2D eigenvalue weighted by atomic mass is 15.1. The van der Waals surface area contributed by atoms with E-state index in [1.165, 1.54) is 5.57 Å². The van der Waals surface area contributed by atoms with Crippen LogP contribution in [0.25, 0.3) is 121 Å². The Morgan fingerprint density at radius 1 is 0.337 bits per heavy atom. The number of aromatic nitrogens is 3. The standard InChI is InChI=1S/C77H58N6/c1-76(2,3)56-31-37-62-63-38-32-57(77(4,5)6)44-72(63)83(71(62)43-56)75-65(46-79)73(81-67-39-52(48-19-11-7-12-20-48)27-33-58(67)59-34-28-53(40-68(59)81)49-21-13-8-14-22-49)64(45-78)74(66(75)47-80)82-69-41-54(50-23-15-9-16-24-50)29-35-60(69)61-36-30-55(42-70(61)82)51-25-17-10-18-26-51/h7-17,19-25,27-44H,18,26H2,1-6H3. The van der Waals surface area contributed by atoms with Gasteiger partial charge in [-0.15, -0.1) is 0 Å². The van der Waals surface area contributed by atoms with Crippen molar-refractivity contribution in [3.8, 4) is 68.7 Å². The van der Waals surface area contributed by atoms with Crippen LogP contribution in [0.2, 0.25) is 0 Å². The van der Waals surface area contributed by atoms with Crippen LogP contribution in [0, 0.1) is 34.0 Å². The van der Waals surface area contributed by atoms with Gasteiger partial charge >= 0.3 is 0 Å². The van der Waals surface area contributed by atoms with E-state index in [9.17, 15) is 15.8 Å². The largest absolute Gasteiger partial charge is 0.306 e. The Kier molecular flexibility index (Phi) is 11.9. The van der Waals surface area contributed by atoms with E-state index in [0.717, 1.165) is 128 Å². The Hall–Kier alpha value is -10.5. The molecule has 0 amide bonds. The predicted molar refractivity (Wildman–Crippen MR) is 344 cm³/mol. The zero-order chi connectivity index (χ0) is 56.9.